The van der Waals surface area contributed by atoms with E-state index in [1.807, 2.05) is 0 Å². The van der Waals surface area contributed by atoms with E-state index in [1.54, 1.807) is 43.3 Å². The Morgan fingerprint density at radius 3 is 2.58 bits per heavy atom. The summed E-state index contributed by atoms with van der Waals surface area (Å²) in [5, 5.41) is 16.5. The predicted octanol–water partition coefficient (Wildman–Crippen LogP) is 5.38. The highest BCUT2D eigenvalue weighted by atomic mass is 32.2. The molecule has 0 radical (unpaired) electrons. The molecule has 2 heterocycles. The van der Waals surface area contributed by atoms with Crippen molar-refractivity contribution in [3.63, 3.8) is 0 Å². The summed E-state index contributed by atoms with van der Waals surface area (Å²) in [5.74, 6) is -0.935. The molecule has 1 amide bonds. The number of carbonyl (C=O) groups excluding carboxylic acids is 2. The predicted molar refractivity (Wildman–Crippen MR) is 135 cm³/mol. The van der Waals surface area contributed by atoms with E-state index in [4.69, 9.17) is 9.15 Å². The van der Waals surface area contributed by atoms with Crippen LogP contribution in [0.1, 0.15) is 29.0 Å². The lowest BCUT2D eigenvalue weighted by molar-refractivity contribution is -0.113. The van der Waals surface area contributed by atoms with Crippen LogP contribution in [0, 0.1) is 17.1 Å². The maximum absolute atomic E-state index is 13.5. The molecule has 4 rings (SSSR count). The first-order valence-corrected chi connectivity index (χ1v) is 11.9. The highest BCUT2D eigenvalue weighted by Gasteiger charge is 2.36. The maximum atomic E-state index is 13.5. The molecular formula is C27H22FN3O4S. The fourth-order valence-electron chi connectivity index (χ4n) is 3.86. The van der Waals surface area contributed by atoms with Crippen LogP contribution < -0.4 is 15.4 Å². The smallest absolute Gasteiger partial charge is 0.254 e. The summed E-state index contributed by atoms with van der Waals surface area (Å²) >= 11 is 1.14. The lowest BCUT2D eigenvalue weighted by Gasteiger charge is -2.28. The van der Waals surface area contributed by atoms with E-state index in [9.17, 15) is 19.2 Å². The molecule has 0 spiro atoms. The number of benzene rings is 2. The average molecular weight is 504 g/mol. The number of rotatable bonds is 8. The number of amides is 1. The van der Waals surface area contributed by atoms with Gasteiger partial charge in [-0.05, 0) is 55.5 Å². The number of Topliss-reactive ketones (excluding diaryl/α,β-unsaturated/α-hetero) is 1. The van der Waals surface area contributed by atoms with Crippen LogP contribution in [0.25, 0.3) is 0 Å². The van der Waals surface area contributed by atoms with Crippen molar-refractivity contribution in [2.24, 2.45) is 0 Å². The fraction of sp³-hybridized carbons (Fsp3) is 0.148. The van der Waals surface area contributed by atoms with E-state index >= 15 is 0 Å². The normalized spacial score (nSPS) is 15.2. The number of ether oxygens (including phenoxy) is 1. The molecule has 36 heavy (non-hydrogen) atoms. The molecule has 1 aromatic heterocycles. The summed E-state index contributed by atoms with van der Waals surface area (Å²) in [6.45, 7) is 1.73. The number of nitriles is 1. The Balaban J connectivity index is 1.64. The van der Waals surface area contributed by atoms with Crippen molar-refractivity contribution >= 4 is 29.1 Å². The number of para-hydroxylation sites is 2. The van der Waals surface area contributed by atoms with E-state index in [1.165, 1.54) is 37.6 Å². The second-order valence-corrected chi connectivity index (χ2v) is 8.83. The van der Waals surface area contributed by atoms with E-state index in [0.717, 1.165) is 11.8 Å². The number of dihydropyridines is 1. The first-order valence-electron chi connectivity index (χ1n) is 10.9. The van der Waals surface area contributed by atoms with Crippen molar-refractivity contribution < 1.29 is 23.1 Å². The van der Waals surface area contributed by atoms with E-state index in [0.29, 0.717) is 39.1 Å². The van der Waals surface area contributed by atoms with Crippen molar-refractivity contribution in [3.05, 3.63) is 106 Å². The van der Waals surface area contributed by atoms with Gasteiger partial charge in [-0.3, -0.25) is 9.59 Å². The summed E-state index contributed by atoms with van der Waals surface area (Å²) in [4.78, 5) is 26.1. The van der Waals surface area contributed by atoms with Crippen molar-refractivity contribution in [1.29, 1.82) is 5.26 Å². The van der Waals surface area contributed by atoms with Crippen LogP contribution in [0.5, 0.6) is 5.75 Å². The minimum Gasteiger partial charge on any atom is -0.495 e. The molecule has 2 N–H and O–H groups in total. The Labute approximate surface area is 211 Å². The Morgan fingerprint density at radius 1 is 1.17 bits per heavy atom. The average Bonchev–Trinajstić information content (AvgIpc) is 3.42. The number of nitrogens with zero attached hydrogens (tertiary/aromatic N) is 1. The molecule has 1 atom stereocenters. The van der Waals surface area contributed by atoms with Crippen LogP contribution in [-0.2, 0) is 4.79 Å². The van der Waals surface area contributed by atoms with Crippen molar-refractivity contribution in [1.82, 2.24) is 5.32 Å². The van der Waals surface area contributed by atoms with Gasteiger partial charge in [-0.25, -0.2) is 4.39 Å². The van der Waals surface area contributed by atoms with Crippen molar-refractivity contribution in [3.8, 4) is 11.8 Å². The summed E-state index contributed by atoms with van der Waals surface area (Å²) in [6, 6.07) is 17.9. The topological polar surface area (TPSA) is 104 Å². The zero-order chi connectivity index (χ0) is 25.7. The number of halogens is 1. The summed E-state index contributed by atoms with van der Waals surface area (Å²) in [5.41, 5.74) is 1.92. The molecule has 3 aromatic rings. The van der Waals surface area contributed by atoms with Gasteiger partial charge in [0.2, 0.25) is 0 Å². The molecule has 0 bridgehead atoms. The van der Waals surface area contributed by atoms with Crippen LogP contribution in [0.3, 0.4) is 0 Å². The Kier molecular flexibility index (Phi) is 7.56. The first-order chi connectivity index (χ1) is 17.4. The van der Waals surface area contributed by atoms with Gasteiger partial charge in [0.05, 0.1) is 53.0 Å². The second-order valence-electron chi connectivity index (χ2n) is 7.84. The Hall–Kier alpha value is -4.29. The Bertz CT molecular complexity index is 1390. The molecule has 1 aliphatic heterocycles. The van der Waals surface area contributed by atoms with Gasteiger partial charge >= 0.3 is 0 Å². The van der Waals surface area contributed by atoms with Gasteiger partial charge in [0.1, 0.15) is 17.3 Å². The zero-order valence-corrected chi connectivity index (χ0v) is 20.3. The first kappa shape index (κ1) is 24.8. The lowest BCUT2D eigenvalue weighted by atomic mass is 9.85. The third kappa shape index (κ3) is 5.19. The molecule has 0 saturated carbocycles. The molecule has 0 aliphatic carbocycles. The van der Waals surface area contributed by atoms with Crippen LogP contribution >= 0.6 is 11.8 Å². The molecule has 1 unspecified atom stereocenters. The monoisotopic (exact) mass is 503 g/mol. The fourth-order valence-corrected chi connectivity index (χ4v) is 4.85. The van der Waals surface area contributed by atoms with E-state index < -0.39 is 17.6 Å². The van der Waals surface area contributed by atoms with Gasteiger partial charge < -0.3 is 19.8 Å². The number of hydrogen-bond donors (Lipinski definition) is 2. The lowest BCUT2D eigenvalue weighted by Crippen LogP contribution is -2.30. The third-order valence-corrected chi connectivity index (χ3v) is 6.61. The van der Waals surface area contributed by atoms with Crippen LogP contribution in [0.2, 0.25) is 0 Å². The number of furan rings is 1. The number of allylic oxidation sites excluding steroid dienone is 2. The van der Waals surface area contributed by atoms with Gasteiger partial charge in [-0.15, -0.1) is 0 Å². The third-order valence-electron chi connectivity index (χ3n) is 5.59. The molecule has 9 heteroatoms. The number of nitrogens with one attached hydrogen (secondary N) is 2. The SMILES string of the molecule is COc1ccccc1NC(=O)C1=C(C)NC(SCC(=O)c2ccc(F)cc2)=C(C#N)C1c1ccco1. The molecule has 7 nitrogen and oxygen atoms in total. The van der Waals surface area contributed by atoms with Crippen molar-refractivity contribution in [2.45, 2.75) is 12.8 Å². The maximum Gasteiger partial charge on any atom is 0.254 e. The van der Waals surface area contributed by atoms with Crippen LogP contribution in [0.4, 0.5) is 10.1 Å². The van der Waals surface area contributed by atoms with Gasteiger partial charge in [0.25, 0.3) is 5.91 Å². The molecule has 182 valence electrons. The molecule has 1 aliphatic rings. The Morgan fingerprint density at radius 2 is 1.92 bits per heavy atom. The number of carbonyl (C=O) groups is 2. The number of ketones is 1. The molecule has 0 saturated heterocycles. The minimum absolute atomic E-state index is 0.0139. The van der Waals surface area contributed by atoms with Gasteiger partial charge in [0, 0.05) is 11.3 Å². The standard InChI is InChI=1S/C27H22FN3O4S/c1-16-24(26(33)31-20-6-3-4-7-22(20)34-2)25(23-8-5-13-35-23)19(14-29)27(30-16)36-15-21(32)17-9-11-18(28)12-10-17/h3-13,25,30H,15H2,1-2H3,(H,31,33). The molecule has 2 aromatic carbocycles. The van der Waals surface area contributed by atoms with Gasteiger partial charge in [0.15, 0.2) is 5.78 Å². The summed E-state index contributed by atoms with van der Waals surface area (Å²) in [7, 11) is 1.51. The number of hydrogen-bond acceptors (Lipinski definition) is 7. The highest BCUT2D eigenvalue weighted by molar-refractivity contribution is 8.03. The van der Waals surface area contributed by atoms with Crippen LogP contribution in [0.15, 0.2) is 93.2 Å². The largest absolute Gasteiger partial charge is 0.495 e. The van der Waals surface area contributed by atoms with Gasteiger partial charge in [-0.1, -0.05) is 23.9 Å². The highest BCUT2D eigenvalue weighted by Crippen LogP contribution is 2.41. The quantitative estimate of drug-likeness (QED) is 0.398. The number of thioether (sulfide) groups is 1. The van der Waals surface area contributed by atoms with Crippen LogP contribution in [-0.4, -0.2) is 24.6 Å². The zero-order valence-electron chi connectivity index (χ0n) is 19.5. The summed E-state index contributed by atoms with van der Waals surface area (Å²) < 4.78 is 24.2. The minimum atomic E-state index is -0.788. The second kappa shape index (κ2) is 11.0. The van der Waals surface area contributed by atoms with E-state index in [2.05, 4.69) is 16.7 Å². The van der Waals surface area contributed by atoms with Gasteiger partial charge in [-0.2, -0.15) is 5.26 Å². The molecular weight excluding hydrogens is 481 g/mol. The number of anilines is 1. The summed E-state index contributed by atoms with van der Waals surface area (Å²) in [6.07, 6.45) is 1.47. The van der Waals surface area contributed by atoms with Crippen molar-refractivity contribution in [2.75, 3.05) is 18.2 Å². The number of methoxy groups -OCH3 is 1. The van der Waals surface area contributed by atoms with E-state index in [-0.39, 0.29) is 17.1 Å². The molecule has 0 fully saturated rings.